The highest BCUT2D eigenvalue weighted by molar-refractivity contribution is 5.98. The summed E-state index contributed by atoms with van der Waals surface area (Å²) in [6, 6.07) is 2.27. The smallest absolute Gasteiger partial charge is 0.409 e. The summed E-state index contributed by atoms with van der Waals surface area (Å²) in [4.78, 5) is 36.9. The topological polar surface area (TPSA) is 140 Å². The maximum absolute atomic E-state index is 14.8. The average Bonchev–Trinajstić information content (AvgIpc) is 3.54. The minimum atomic E-state index is -2.68. The van der Waals surface area contributed by atoms with Gasteiger partial charge in [0.15, 0.2) is 5.82 Å². The van der Waals surface area contributed by atoms with Gasteiger partial charge >= 0.3 is 6.09 Å². The molecule has 232 valence electrons. The van der Waals surface area contributed by atoms with Crippen LogP contribution in [-0.2, 0) is 11.3 Å². The lowest BCUT2D eigenvalue weighted by Crippen LogP contribution is -2.42. The Labute approximate surface area is 244 Å². The molecule has 2 fully saturated rings. The van der Waals surface area contributed by atoms with Crippen molar-refractivity contribution in [2.24, 2.45) is 0 Å². The van der Waals surface area contributed by atoms with Crippen molar-refractivity contribution >= 4 is 23.3 Å². The van der Waals surface area contributed by atoms with Crippen molar-refractivity contribution in [2.45, 2.75) is 43.9 Å². The monoisotopic (exact) mass is 608 g/mol. The van der Waals surface area contributed by atoms with Gasteiger partial charge in [-0.2, -0.15) is 5.10 Å². The summed E-state index contributed by atoms with van der Waals surface area (Å²) in [6.07, 6.45) is -0.0396. The molecule has 2 saturated heterocycles. The quantitative estimate of drug-likeness (QED) is 0.277. The van der Waals surface area contributed by atoms with Gasteiger partial charge < -0.3 is 25.4 Å². The third kappa shape index (κ3) is 6.58. The molecule has 0 radical (unpaired) electrons. The summed E-state index contributed by atoms with van der Waals surface area (Å²) in [7, 11) is 1.34. The van der Waals surface area contributed by atoms with Crippen LogP contribution in [-0.4, -0.2) is 106 Å². The zero-order chi connectivity index (χ0) is 30.7. The lowest BCUT2D eigenvalue weighted by Gasteiger charge is -2.31. The highest BCUT2D eigenvalue weighted by atomic mass is 19.3. The van der Waals surface area contributed by atoms with Crippen molar-refractivity contribution in [2.75, 3.05) is 52.3 Å². The van der Waals surface area contributed by atoms with E-state index in [1.165, 1.54) is 25.7 Å². The first-order valence-electron chi connectivity index (χ1n) is 13.8. The molecule has 2 aliphatic heterocycles. The minimum Gasteiger partial charge on any atom is -0.480 e. The molecule has 2 amide bonds. The number of alkyl halides is 4. The Balaban J connectivity index is 1.38. The molecule has 12 nitrogen and oxygen atoms in total. The molecule has 3 N–H and O–H groups in total. The van der Waals surface area contributed by atoms with Gasteiger partial charge in [0.2, 0.25) is 5.88 Å². The van der Waals surface area contributed by atoms with E-state index in [0.29, 0.717) is 28.9 Å². The van der Waals surface area contributed by atoms with Gasteiger partial charge in [-0.25, -0.2) is 32.4 Å². The van der Waals surface area contributed by atoms with Crippen molar-refractivity contribution in [1.82, 2.24) is 34.7 Å². The summed E-state index contributed by atoms with van der Waals surface area (Å²) in [5.74, 6) is -3.19. The van der Waals surface area contributed by atoms with Crippen LogP contribution in [0, 0.1) is 0 Å². The third-order valence-corrected chi connectivity index (χ3v) is 7.55. The number of nitrogen functional groups attached to an aromatic ring is 1. The number of hydrogen-bond donors (Lipinski definition) is 2. The van der Waals surface area contributed by atoms with E-state index in [1.807, 2.05) is 4.90 Å². The maximum Gasteiger partial charge on any atom is 0.409 e. The Bertz CT molecular complexity index is 1480. The number of ether oxygens (including phenoxy) is 2. The van der Waals surface area contributed by atoms with Crippen LogP contribution in [0.2, 0.25) is 0 Å². The van der Waals surface area contributed by atoms with Gasteiger partial charge in [-0.1, -0.05) is 0 Å². The molecule has 0 spiro atoms. The summed E-state index contributed by atoms with van der Waals surface area (Å²) in [5, 5.41) is 6.92. The average molecular weight is 609 g/mol. The molecule has 2 atom stereocenters. The third-order valence-electron chi connectivity index (χ3n) is 7.55. The molecular weight excluding hydrogens is 576 g/mol. The number of carbonyl (C=O) groups is 2. The number of methoxy groups -OCH3 is 1. The summed E-state index contributed by atoms with van der Waals surface area (Å²) in [6.45, 7) is -0.439. The number of nitrogens with two attached hydrogens (primary N) is 1. The molecule has 5 rings (SSSR count). The number of piperidine rings is 1. The van der Waals surface area contributed by atoms with Crippen LogP contribution in [0.15, 0.2) is 24.7 Å². The molecule has 0 bridgehead atoms. The number of likely N-dealkylation sites (tertiary alicyclic amines) is 2. The lowest BCUT2D eigenvalue weighted by atomic mass is 10.1. The van der Waals surface area contributed by atoms with E-state index in [-0.39, 0.29) is 69.3 Å². The van der Waals surface area contributed by atoms with Crippen LogP contribution in [0.4, 0.5) is 28.2 Å². The second-order valence-corrected chi connectivity index (χ2v) is 10.5. The molecular formula is C27H32F4N8O4. The van der Waals surface area contributed by atoms with Crippen molar-refractivity contribution < 1.29 is 36.6 Å². The van der Waals surface area contributed by atoms with Crippen LogP contribution in [0.1, 0.15) is 35.2 Å². The fourth-order valence-corrected chi connectivity index (χ4v) is 5.27. The normalized spacial score (nSPS) is 20.3. The highest BCUT2D eigenvalue weighted by Gasteiger charge is 2.38. The van der Waals surface area contributed by atoms with Crippen molar-refractivity contribution in [1.29, 1.82) is 0 Å². The second kappa shape index (κ2) is 12.6. The van der Waals surface area contributed by atoms with Crippen molar-refractivity contribution in [3.63, 3.8) is 0 Å². The van der Waals surface area contributed by atoms with Crippen LogP contribution in [0.3, 0.4) is 0 Å². The standard InChI is InChI=1S/C27H32F4N8O4/c1-42-25-18(24(40)36-20-14-38(13-19(20)29)26(41)43-8-2-5-28)9-16(11-33-25)21-10-17(22-23(32)34-15-35-39(21)22)12-37-6-3-27(30,31)4-7-37/h9-11,15,19-20H,2-8,12-14H2,1H3,(H,36,40)(H2,32,34,35)/t19-,20+/m0/s1. The Kier molecular flexibility index (Phi) is 8.84. The number of fused-ring (bicyclic) bond motifs is 1. The predicted molar refractivity (Wildman–Crippen MR) is 146 cm³/mol. The van der Waals surface area contributed by atoms with Gasteiger partial charge in [0.05, 0.1) is 38.7 Å². The molecule has 0 saturated carbocycles. The maximum atomic E-state index is 14.8. The number of nitrogens with one attached hydrogen (secondary N) is 1. The zero-order valence-corrected chi connectivity index (χ0v) is 23.4. The molecule has 0 aromatic carbocycles. The van der Waals surface area contributed by atoms with Gasteiger partial charge in [-0.05, 0) is 17.7 Å². The van der Waals surface area contributed by atoms with Crippen LogP contribution < -0.4 is 15.8 Å². The first kappa shape index (κ1) is 30.3. The number of amides is 2. The Morgan fingerprint density at radius 2 is 1.95 bits per heavy atom. The van der Waals surface area contributed by atoms with Crippen molar-refractivity contribution in [3.8, 4) is 17.1 Å². The van der Waals surface area contributed by atoms with Gasteiger partial charge in [0, 0.05) is 57.2 Å². The van der Waals surface area contributed by atoms with Gasteiger partial charge in [0.25, 0.3) is 11.8 Å². The number of carbonyl (C=O) groups excluding carboxylic acids is 2. The summed E-state index contributed by atoms with van der Waals surface area (Å²) in [5.41, 5.74) is 8.38. The van der Waals surface area contributed by atoms with Gasteiger partial charge in [0.1, 0.15) is 23.6 Å². The summed E-state index contributed by atoms with van der Waals surface area (Å²) >= 11 is 0. The molecule has 5 heterocycles. The van der Waals surface area contributed by atoms with Crippen LogP contribution in [0.25, 0.3) is 16.8 Å². The van der Waals surface area contributed by atoms with E-state index >= 15 is 0 Å². The Hall–Kier alpha value is -4.21. The highest BCUT2D eigenvalue weighted by Crippen LogP contribution is 2.33. The lowest BCUT2D eigenvalue weighted by molar-refractivity contribution is -0.0565. The SMILES string of the molecule is COc1ncc(-c2cc(CN3CCC(F)(F)CC3)c3c(N)ncnn23)cc1C(=O)N[C@@H]1CN(C(=O)OCCCF)C[C@@H]1F. The second-order valence-electron chi connectivity index (χ2n) is 10.5. The van der Waals surface area contributed by atoms with E-state index in [0.717, 1.165) is 4.90 Å². The number of rotatable bonds is 9. The van der Waals surface area contributed by atoms with Crippen LogP contribution in [0.5, 0.6) is 5.88 Å². The largest absolute Gasteiger partial charge is 0.480 e. The van der Waals surface area contributed by atoms with Gasteiger partial charge in [-0.3, -0.25) is 14.1 Å². The molecule has 43 heavy (non-hydrogen) atoms. The first-order chi connectivity index (χ1) is 20.6. The Morgan fingerprint density at radius 3 is 2.67 bits per heavy atom. The van der Waals surface area contributed by atoms with E-state index < -0.39 is 36.8 Å². The fourth-order valence-electron chi connectivity index (χ4n) is 5.27. The first-order valence-corrected chi connectivity index (χ1v) is 13.8. The molecule has 0 unspecified atom stereocenters. The van der Waals surface area contributed by atoms with Crippen molar-refractivity contribution in [3.05, 3.63) is 35.8 Å². The fraction of sp³-hybridized carbons (Fsp3) is 0.519. The van der Waals surface area contributed by atoms with Crippen LogP contribution >= 0.6 is 0 Å². The number of pyridine rings is 1. The van der Waals surface area contributed by atoms with E-state index in [2.05, 4.69) is 20.4 Å². The number of nitrogens with zero attached hydrogens (tertiary/aromatic N) is 6. The van der Waals surface area contributed by atoms with E-state index in [4.69, 9.17) is 15.2 Å². The van der Waals surface area contributed by atoms with E-state index in [9.17, 15) is 27.2 Å². The number of hydrogen-bond acceptors (Lipinski definition) is 9. The van der Waals surface area contributed by atoms with E-state index in [1.54, 1.807) is 10.6 Å². The molecule has 16 heteroatoms. The molecule has 0 aliphatic carbocycles. The Morgan fingerprint density at radius 1 is 1.19 bits per heavy atom. The number of anilines is 1. The molecule has 2 aliphatic rings. The predicted octanol–water partition coefficient (Wildman–Crippen LogP) is 2.86. The van der Waals surface area contributed by atoms with Gasteiger partial charge in [-0.15, -0.1) is 0 Å². The number of aromatic nitrogens is 4. The zero-order valence-electron chi connectivity index (χ0n) is 23.4. The summed E-state index contributed by atoms with van der Waals surface area (Å²) < 4.78 is 66.3. The molecule has 3 aromatic heterocycles. The molecule has 3 aromatic rings. The minimum absolute atomic E-state index is 0.00737. The number of halogens is 4.